The van der Waals surface area contributed by atoms with Gasteiger partial charge in [-0.15, -0.1) is 11.3 Å². The third kappa shape index (κ3) is 16.3. The van der Waals surface area contributed by atoms with Crippen LogP contribution in [0.5, 0.6) is 0 Å². The molecule has 0 saturated heterocycles. The minimum Gasteiger partial charge on any atom is -0.311 e. The van der Waals surface area contributed by atoms with Gasteiger partial charge in [-0.2, -0.15) is 0 Å². The molecule has 0 atom stereocenters. The second kappa shape index (κ2) is 36.7. The molecule has 0 aliphatic carbocycles. The van der Waals surface area contributed by atoms with E-state index in [1.807, 2.05) is 133 Å². The van der Waals surface area contributed by atoms with E-state index < -0.39 is 0 Å². The molecule has 0 N–H and O–H groups in total. The van der Waals surface area contributed by atoms with Crippen LogP contribution >= 0.6 is 11.3 Å². The van der Waals surface area contributed by atoms with Gasteiger partial charge in [0.05, 0.1) is 22.1 Å². The molecule has 25 rings (SSSR count). The van der Waals surface area contributed by atoms with Gasteiger partial charge in [-0.3, -0.25) is 0 Å². The molecule has 12 heteroatoms. The zero-order valence-electron chi connectivity index (χ0n) is 74.9. The van der Waals surface area contributed by atoms with Crippen molar-refractivity contribution < 1.29 is 0 Å². The van der Waals surface area contributed by atoms with Crippen LogP contribution in [0.2, 0.25) is 0 Å². The van der Waals surface area contributed by atoms with Crippen molar-refractivity contribution >= 4 is 126 Å². The number of hydrogen-bond acceptors (Lipinski definition) is 10. The fourth-order valence-electron chi connectivity index (χ4n) is 19.0. The first-order valence-corrected chi connectivity index (χ1v) is 47.2. The fourth-order valence-corrected chi connectivity index (χ4v) is 20.0. The summed E-state index contributed by atoms with van der Waals surface area (Å²) >= 11 is 1.81. The van der Waals surface area contributed by atoms with Crippen molar-refractivity contribution in [2.45, 2.75) is 0 Å². The van der Waals surface area contributed by atoms with Crippen molar-refractivity contribution in [3.05, 3.63) is 516 Å². The SMILES string of the molecule is c1ccc(-c2nc(-c3ccccc3)nc(-c3ccc(-n4c5ccc(-c6ccc(N(c7ccccc7)c7ccccc7)cc6)cc5c5cc(-c6ccc(N(c7ccccc7)c7ccccc7)cc6)ccc54)cc3)n2)cc1.c1ccc(-c2nc(-c3ccccc3)nc(-c3ccc4sc5ccc(-n6c7ccccc7c7cc(-c8ccc(N(c9ccccc9)c9ccccc9)cc8)ccc76)cc5c4c3)n2)cc1. The number of aromatic nitrogens is 8. The Hall–Kier alpha value is -18.4. The summed E-state index contributed by atoms with van der Waals surface area (Å²) in [6.07, 6.45) is 0. The van der Waals surface area contributed by atoms with Crippen molar-refractivity contribution in [1.82, 2.24) is 39.0 Å². The van der Waals surface area contributed by atoms with E-state index in [4.69, 9.17) is 29.9 Å². The summed E-state index contributed by atoms with van der Waals surface area (Å²) in [7, 11) is 0. The van der Waals surface area contributed by atoms with Crippen molar-refractivity contribution in [3.63, 3.8) is 0 Å². The number of anilines is 9. The smallest absolute Gasteiger partial charge is 0.164 e. The maximum atomic E-state index is 5.04. The number of fused-ring (bicyclic) bond motifs is 9. The zero-order chi connectivity index (χ0) is 91.6. The molecule has 0 aliphatic heterocycles. The van der Waals surface area contributed by atoms with Crippen LogP contribution in [0.3, 0.4) is 0 Å². The Bertz CT molecular complexity index is 8270. The van der Waals surface area contributed by atoms with Crippen LogP contribution in [0.15, 0.2) is 516 Å². The Morgan fingerprint density at radius 3 is 0.696 bits per heavy atom. The quantitative estimate of drug-likeness (QED) is 0.0739. The highest BCUT2D eigenvalue weighted by Crippen LogP contribution is 2.46. The van der Waals surface area contributed by atoms with Crippen LogP contribution in [-0.4, -0.2) is 39.0 Å². The standard InChI is InChI=1S/C69H48N6.C57H37N5S/c1-7-19-51(20-8-1)67-70-68(52-21-9-2-10-22-52)72-69(71-67)53-35-43-62(44-36-53)75-65-45-37-54(49-31-39-60(40-32-49)73(56-23-11-3-12-24-56)57-25-13-4-14-26-57)47-63(65)64-48-55(38-46-66(64)75)50-33-41-61(42-34-50)74(58-27-15-5-16-28-58)59-29-17-6-18-30-59;1-5-15-39(16-6-1)55-58-56(40-17-7-2-8-18-40)60-57(59-55)42-28-33-53-49(36-42)50-37-46(31-34-54(50)63-53)62-51-24-14-13-23-47(51)48-35-41(27-32-52(48)62)38-25-29-45(30-26-38)61(43-19-9-3-10-20-43)44-21-11-4-12-22-44/h1-48H;1-37H. The van der Waals surface area contributed by atoms with Crippen LogP contribution in [-0.2, 0) is 0 Å². The van der Waals surface area contributed by atoms with Gasteiger partial charge < -0.3 is 23.8 Å². The molecule has 11 nitrogen and oxygen atoms in total. The molecule has 0 bridgehead atoms. The monoisotopic (exact) mass is 1780 g/mol. The molecule has 650 valence electrons. The molecule has 0 radical (unpaired) electrons. The molecule has 0 aliphatic rings. The Kier molecular flexibility index (Phi) is 22.0. The average Bonchev–Trinajstić information content (AvgIpc) is 1.57. The molecule has 5 aromatic heterocycles. The molecule has 0 spiro atoms. The number of rotatable bonds is 20. The molecular weight excluding hydrogens is 1700 g/mol. The van der Waals surface area contributed by atoms with E-state index in [9.17, 15) is 0 Å². The first kappa shape index (κ1) is 82.8. The highest BCUT2D eigenvalue weighted by Gasteiger charge is 2.24. The van der Waals surface area contributed by atoms with Crippen molar-refractivity contribution in [2.24, 2.45) is 0 Å². The maximum absolute atomic E-state index is 5.04. The predicted molar refractivity (Wildman–Crippen MR) is 574 cm³/mol. The minimum atomic E-state index is 0.620. The van der Waals surface area contributed by atoms with Gasteiger partial charge in [0.1, 0.15) is 0 Å². The summed E-state index contributed by atoms with van der Waals surface area (Å²) in [5.41, 5.74) is 29.3. The van der Waals surface area contributed by atoms with Gasteiger partial charge in [-0.1, -0.05) is 303 Å². The summed E-state index contributed by atoms with van der Waals surface area (Å²) in [4.78, 5) is 36.9. The van der Waals surface area contributed by atoms with Crippen molar-refractivity contribution in [3.8, 4) is 113 Å². The molecule has 0 amide bonds. The molecule has 0 saturated carbocycles. The third-order valence-corrected chi connectivity index (χ3v) is 26.8. The molecule has 0 fully saturated rings. The van der Waals surface area contributed by atoms with E-state index in [0.717, 1.165) is 129 Å². The highest BCUT2D eigenvalue weighted by molar-refractivity contribution is 7.25. The average molecular weight is 1790 g/mol. The lowest BCUT2D eigenvalue weighted by atomic mass is 9.99. The van der Waals surface area contributed by atoms with Crippen LogP contribution in [0.1, 0.15) is 0 Å². The Morgan fingerprint density at radius 2 is 0.362 bits per heavy atom. The normalized spacial score (nSPS) is 11.3. The number of benzene rings is 20. The van der Waals surface area contributed by atoms with Gasteiger partial charge in [0.25, 0.3) is 0 Å². The van der Waals surface area contributed by atoms with Crippen LogP contribution in [0.4, 0.5) is 51.2 Å². The van der Waals surface area contributed by atoms with Gasteiger partial charge in [0.15, 0.2) is 34.9 Å². The Balaban J connectivity index is 0.000000152. The summed E-state index contributed by atoms with van der Waals surface area (Å²) < 4.78 is 7.24. The minimum absolute atomic E-state index is 0.620. The summed E-state index contributed by atoms with van der Waals surface area (Å²) in [6.45, 7) is 0. The van der Waals surface area contributed by atoms with Gasteiger partial charge in [0.2, 0.25) is 0 Å². The number of para-hydroxylation sites is 7. The fraction of sp³-hybridized carbons (Fsp3) is 0. The molecule has 25 aromatic rings. The number of thiophene rings is 1. The summed E-state index contributed by atoms with van der Waals surface area (Å²) in [6, 6.07) is 182. The molecule has 5 heterocycles. The number of hydrogen-bond donors (Lipinski definition) is 0. The number of nitrogens with zero attached hydrogens (tertiary/aromatic N) is 11. The second-order valence-electron chi connectivity index (χ2n) is 34.2. The first-order valence-electron chi connectivity index (χ1n) is 46.4. The molecule has 138 heavy (non-hydrogen) atoms. The van der Waals surface area contributed by atoms with Gasteiger partial charge in [-0.25, -0.2) is 29.9 Å². The van der Waals surface area contributed by atoms with E-state index in [1.165, 1.54) is 63.9 Å². The second-order valence-corrected chi connectivity index (χ2v) is 35.2. The van der Waals surface area contributed by atoms with E-state index in [0.29, 0.717) is 34.9 Å². The lowest BCUT2D eigenvalue weighted by Gasteiger charge is -2.25. The predicted octanol–water partition coefficient (Wildman–Crippen LogP) is 33.7. The van der Waals surface area contributed by atoms with Crippen LogP contribution in [0, 0.1) is 0 Å². The van der Waals surface area contributed by atoms with Crippen molar-refractivity contribution in [2.75, 3.05) is 14.7 Å². The maximum Gasteiger partial charge on any atom is 0.164 e. The largest absolute Gasteiger partial charge is 0.311 e. The zero-order valence-corrected chi connectivity index (χ0v) is 75.7. The summed E-state index contributed by atoms with van der Waals surface area (Å²) in [5.74, 6) is 3.85. The summed E-state index contributed by atoms with van der Waals surface area (Å²) in [5, 5.41) is 7.17. The van der Waals surface area contributed by atoms with E-state index >= 15 is 0 Å². The van der Waals surface area contributed by atoms with Crippen LogP contribution < -0.4 is 14.7 Å². The third-order valence-electron chi connectivity index (χ3n) is 25.7. The van der Waals surface area contributed by atoms with E-state index in [-0.39, 0.29) is 0 Å². The molecule has 20 aromatic carbocycles. The highest BCUT2D eigenvalue weighted by atomic mass is 32.1. The Morgan fingerprint density at radius 1 is 0.145 bits per heavy atom. The lowest BCUT2D eigenvalue weighted by molar-refractivity contribution is 1.07. The van der Waals surface area contributed by atoms with E-state index in [2.05, 4.69) is 418 Å². The molecule has 0 unspecified atom stereocenters. The van der Waals surface area contributed by atoms with Gasteiger partial charge in [0, 0.05) is 138 Å². The lowest BCUT2D eigenvalue weighted by Crippen LogP contribution is -2.09. The van der Waals surface area contributed by atoms with E-state index in [1.54, 1.807) is 0 Å². The van der Waals surface area contributed by atoms with Crippen LogP contribution in [0.25, 0.3) is 177 Å². The topological polar surface area (TPSA) is 96.9 Å². The Labute approximate surface area is 803 Å². The van der Waals surface area contributed by atoms with Crippen molar-refractivity contribution in [1.29, 1.82) is 0 Å². The first-order chi connectivity index (χ1) is 68.4. The van der Waals surface area contributed by atoms with Gasteiger partial charge >= 0.3 is 0 Å². The van der Waals surface area contributed by atoms with Gasteiger partial charge in [-0.05, 0) is 246 Å². The molecular formula is C126H85N11S.